The summed E-state index contributed by atoms with van der Waals surface area (Å²) in [5.74, 6) is -0.945. The van der Waals surface area contributed by atoms with Gasteiger partial charge in [0.2, 0.25) is 0 Å². The Bertz CT molecular complexity index is 117. The molecular formula is C6H10O3. The van der Waals surface area contributed by atoms with Crippen LogP contribution in [0.25, 0.3) is 0 Å². The van der Waals surface area contributed by atoms with Crippen LogP contribution >= 0.6 is 0 Å². The Morgan fingerprint density at radius 2 is 2.33 bits per heavy atom. The van der Waals surface area contributed by atoms with E-state index >= 15 is 0 Å². The van der Waals surface area contributed by atoms with Crippen LogP contribution in [0.5, 0.6) is 0 Å². The van der Waals surface area contributed by atoms with Crippen LogP contribution < -0.4 is 0 Å². The van der Waals surface area contributed by atoms with Gasteiger partial charge in [-0.25, -0.2) is 4.79 Å². The zero-order chi connectivity index (χ0) is 7.28. The number of carboxylic acid groups (broad SMARTS) is 1. The highest BCUT2D eigenvalue weighted by Gasteiger charge is 1.91. The molecule has 0 saturated carbocycles. The summed E-state index contributed by atoms with van der Waals surface area (Å²) < 4.78 is 4.75. The molecule has 0 aliphatic rings. The summed E-state index contributed by atoms with van der Waals surface area (Å²) in [6.45, 7) is 1.76. The molecule has 0 fully saturated rings. The molecule has 52 valence electrons. The molecule has 1 atom stereocenters. The molecule has 0 bridgehead atoms. The number of carbonyl (C=O) groups is 1. The first-order valence-electron chi connectivity index (χ1n) is 2.60. The SMILES string of the molecule is COC(C)/C=C\C(=O)O. The van der Waals surface area contributed by atoms with Gasteiger partial charge in [-0.3, -0.25) is 0 Å². The van der Waals surface area contributed by atoms with E-state index < -0.39 is 5.97 Å². The minimum Gasteiger partial charge on any atom is -0.478 e. The molecule has 1 unspecified atom stereocenters. The predicted octanol–water partition coefficient (Wildman–Crippen LogP) is 0.662. The first-order chi connectivity index (χ1) is 4.16. The maximum Gasteiger partial charge on any atom is 0.328 e. The molecule has 0 aliphatic carbocycles. The molecule has 0 saturated heterocycles. The summed E-state index contributed by atoms with van der Waals surface area (Å²) in [4.78, 5) is 9.88. The molecule has 0 aromatic carbocycles. The molecule has 3 nitrogen and oxygen atoms in total. The van der Waals surface area contributed by atoms with Crippen LogP contribution in [0.4, 0.5) is 0 Å². The molecule has 0 heterocycles. The lowest BCUT2D eigenvalue weighted by atomic mass is 10.3. The van der Waals surface area contributed by atoms with Crippen LogP contribution in [0.1, 0.15) is 6.92 Å². The van der Waals surface area contributed by atoms with E-state index in [1.54, 1.807) is 6.92 Å². The fraction of sp³-hybridized carbons (Fsp3) is 0.500. The van der Waals surface area contributed by atoms with E-state index in [2.05, 4.69) is 0 Å². The van der Waals surface area contributed by atoms with Gasteiger partial charge < -0.3 is 9.84 Å². The second kappa shape index (κ2) is 4.09. The summed E-state index contributed by atoms with van der Waals surface area (Å²) >= 11 is 0. The Kier molecular flexibility index (Phi) is 3.71. The maximum atomic E-state index is 9.88. The Labute approximate surface area is 53.9 Å². The molecule has 0 spiro atoms. The lowest BCUT2D eigenvalue weighted by molar-refractivity contribution is -0.131. The standard InChI is InChI=1S/C6H10O3/c1-5(9-2)3-4-6(7)8/h3-5H,1-2H3,(H,7,8)/b4-3-. The van der Waals surface area contributed by atoms with Gasteiger partial charge in [0, 0.05) is 13.2 Å². The van der Waals surface area contributed by atoms with Crippen molar-refractivity contribution in [2.75, 3.05) is 7.11 Å². The van der Waals surface area contributed by atoms with Crippen molar-refractivity contribution in [2.45, 2.75) is 13.0 Å². The summed E-state index contributed by atoms with van der Waals surface area (Å²) in [6, 6.07) is 0. The van der Waals surface area contributed by atoms with Gasteiger partial charge in [0.05, 0.1) is 6.10 Å². The molecule has 0 rings (SSSR count). The first-order valence-corrected chi connectivity index (χ1v) is 2.60. The van der Waals surface area contributed by atoms with Gasteiger partial charge in [0.1, 0.15) is 0 Å². The maximum absolute atomic E-state index is 9.88. The van der Waals surface area contributed by atoms with Gasteiger partial charge in [-0.2, -0.15) is 0 Å². The second-order valence-corrected chi connectivity index (χ2v) is 1.64. The van der Waals surface area contributed by atoms with Gasteiger partial charge in [-0.1, -0.05) is 0 Å². The molecule has 0 aromatic heterocycles. The summed E-state index contributed by atoms with van der Waals surface area (Å²) in [5.41, 5.74) is 0. The molecule has 0 radical (unpaired) electrons. The quantitative estimate of drug-likeness (QED) is 0.571. The highest BCUT2D eigenvalue weighted by Crippen LogP contribution is 1.88. The lowest BCUT2D eigenvalue weighted by Crippen LogP contribution is -2.00. The second-order valence-electron chi connectivity index (χ2n) is 1.64. The molecule has 9 heavy (non-hydrogen) atoms. The summed E-state index contributed by atoms with van der Waals surface area (Å²) in [6.07, 6.45) is 2.41. The van der Waals surface area contributed by atoms with E-state index in [9.17, 15) is 4.79 Å². The Hall–Kier alpha value is -0.830. The lowest BCUT2D eigenvalue weighted by Gasteiger charge is -1.98. The van der Waals surface area contributed by atoms with Gasteiger partial charge >= 0.3 is 5.97 Å². The van der Waals surface area contributed by atoms with Gasteiger partial charge in [-0.15, -0.1) is 0 Å². The number of carboxylic acids is 1. The van der Waals surface area contributed by atoms with Crippen molar-refractivity contribution in [3.8, 4) is 0 Å². The molecule has 0 amide bonds. The number of hydrogen-bond acceptors (Lipinski definition) is 2. The van der Waals surface area contributed by atoms with E-state index in [0.29, 0.717) is 0 Å². The van der Waals surface area contributed by atoms with Crippen molar-refractivity contribution >= 4 is 5.97 Å². The van der Waals surface area contributed by atoms with Crippen molar-refractivity contribution in [3.05, 3.63) is 12.2 Å². The van der Waals surface area contributed by atoms with E-state index in [1.807, 2.05) is 0 Å². The van der Waals surface area contributed by atoms with Crippen LogP contribution in [-0.4, -0.2) is 24.3 Å². The fourth-order valence-corrected chi connectivity index (χ4v) is 0.296. The third kappa shape index (κ3) is 5.03. The molecule has 1 N–H and O–H groups in total. The van der Waals surface area contributed by atoms with Crippen LogP contribution in [0.3, 0.4) is 0 Å². The zero-order valence-corrected chi connectivity index (χ0v) is 5.50. The molecule has 0 aliphatic heterocycles. The van der Waals surface area contributed by atoms with E-state index in [0.717, 1.165) is 6.08 Å². The minimum absolute atomic E-state index is 0.124. The van der Waals surface area contributed by atoms with E-state index in [1.165, 1.54) is 13.2 Å². The number of rotatable bonds is 3. The summed E-state index contributed by atoms with van der Waals surface area (Å²) in [5, 5.41) is 8.12. The van der Waals surface area contributed by atoms with E-state index in [4.69, 9.17) is 9.84 Å². The normalized spacial score (nSPS) is 14.0. The predicted molar refractivity (Wildman–Crippen MR) is 33.2 cm³/mol. The highest BCUT2D eigenvalue weighted by molar-refractivity contribution is 5.79. The molecular weight excluding hydrogens is 120 g/mol. The van der Waals surface area contributed by atoms with Crippen LogP contribution in [0, 0.1) is 0 Å². The average molecular weight is 130 g/mol. The van der Waals surface area contributed by atoms with Crippen molar-refractivity contribution in [3.63, 3.8) is 0 Å². The van der Waals surface area contributed by atoms with Crippen molar-refractivity contribution in [1.29, 1.82) is 0 Å². The first kappa shape index (κ1) is 8.17. The number of aliphatic carboxylic acids is 1. The number of methoxy groups -OCH3 is 1. The van der Waals surface area contributed by atoms with Crippen LogP contribution in [-0.2, 0) is 9.53 Å². The molecule has 0 aromatic rings. The van der Waals surface area contributed by atoms with Gasteiger partial charge in [0.15, 0.2) is 0 Å². The van der Waals surface area contributed by atoms with Crippen LogP contribution in [0.2, 0.25) is 0 Å². The third-order valence-corrected chi connectivity index (χ3v) is 0.882. The Morgan fingerprint density at radius 3 is 2.67 bits per heavy atom. The molecule has 3 heteroatoms. The minimum atomic E-state index is -0.945. The van der Waals surface area contributed by atoms with Crippen molar-refractivity contribution in [1.82, 2.24) is 0 Å². The largest absolute Gasteiger partial charge is 0.478 e. The average Bonchev–Trinajstić information content (AvgIpc) is 1.83. The van der Waals surface area contributed by atoms with E-state index in [-0.39, 0.29) is 6.10 Å². The van der Waals surface area contributed by atoms with Crippen molar-refractivity contribution in [2.24, 2.45) is 0 Å². The number of ether oxygens (including phenoxy) is 1. The smallest absolute Gasteiger partial charge is 0.328 e. The zero-order valence-electron chi connectivity index (χ0n) is 5.50. The van der Waals surface area contributed by atoms with Gasteiger partial charge in [0.25, 0.3) is 0 Å². The summed E-state index contributed by atoms with van der Waals surface area (Å²) in [7, 11) is 1.52. The van der Waals surface area contributed by atoms with Crippen LogP contribution in [0.15, 0.2) is 12.2 Å². The Balaban J connectivity index is 3.56. The third-order valence-electron chi connectivity index (χ3n) is 0.882. The van der Waals surface area contributed by atoms with Crippen molar-refractivity contribution < 1.29 is 14.6 Å². The fourth-order valence-electron chi connectivity index (χ4n) is 0.296. The topological polar surface area (TPSA) is 46.5 Å². The monoisotopic (exact) mass is 130 g/mol. The Morgan fingerprint density at radius 1 is 1.78 bits per heavy atom. The highest BCUT2D eigenvalue weighted by atomic mass is 16.5. The number of hydrogen-bond donors (Lipinski definition) is 1. The van der Waals surface area contributed by atoms with Gasteiger partial charge in [-0.05, 0) is 13.0 Å².